The lowest BCUT2D eigenvalue weighted by molar-refractivity contribution is -0.0886. The Bertz CT molecular complexity index is 898. The summed E-state index contributed by atoms with van der Waals surface area (Å²) in [5, 5.41) is 0. The third-order valence-corrected chi connectivity index (χ3v) is 3.58. The Balaban J connectivity index is 2.87. The molecular formula is C15H14F3N3O3. The average molecular weight is 341 g/mol. The van der Waals surface area contributed by atoms with Gasteiger partial charge >= 0.3 is 11.9 Å². The van der Waals surface area contributed by atoms with Crippen molar-refractivity contribution in [1.29, 1.82) is 0 Å². The fourth-order valence-corrected chi connectivity index (χ4v) is 2.34. The van der Waals surface area contributed by atoms with E-state index in [0.717, 1.165) is 11.6 Å². The molecule has 0 fully saturated rings. The SMILES string of the molecule is CN(c1ccccc1)c1c(C(=O)C(F)(F)F)c(=O)n(C)c(=O)n1C. The molecule has 2 aromatic rings. The monoisotopic (exact) mass is 341 g/mol. The van der Waals surface area contributed by atoms with Crippen LogP contribution in [0.25, 0.3) is 0 Å². The van der Waals surface area contributed by atoms with Crippen molar-refractivity contribution in [1.82, 2.24) is 9.13 Å². The first-order valence-electron chi connectivity index (χ1n) is 6.77. The standard InChI is InChI=1S/C15H14F3N3O3/c1-19(9-7-5-4-6-8-9)12-10(11(22)15(16,17)18)13(23)21(3)14(24)20(12)2/h4-8H,1-3H3. The van der Waals surface area contributed by atoms with E-state index in [2.05, 4.69) is 0 Å². The van der Waals surface area contributed by atoms with Crippen LogP contribution in [0.3, 0.4) is 0 Å². The van der Waals surface area contributed by atoms with E-state index in [4.69, 9.17) is 0 Å². The van der Waals surface area contributed by atoms with Crippen molar-refractivity contribution in [2.24, 2.45) is 14.1 Å². The lowest BCUT2D eigenvalue weighted by atomic mass is 10.1. The number of aromatic nitrogens is 2. The van der Waals surface area contributed by atoms with Crippen molar-refractivity contribution in [2.45, 2.75) is 6.18 Å². The van der Waals surface area contributed by atoms with E-state index >= 15 is 0 Å². The number of alkyl halides is 3. The van der Waals surface area contributed by atoms with Crippen LogP contribution < -0.4 is 16.1 Å². The van der Waals surface area contributed by atoms with Gasteiger partial charge in [0.05, 0.1) is 0 Å². The molecule has 6 nitrogen and oxygen atoms in total. The number of rotatable bonds is 3. The fourth-order valence-electron chi connectivity index (χ4n) is 2.34. The molecule has 9 heteroatoms. The summed E-state index contributed by atoms with van der Waals surface area (Å²) in [6.45, 7) is 0. The molecular weight excluding hydrogens is 327 g/mol. The van der Waals surface area contributed by atoms with Crippen LogP contribution in [0.5, 0.6) is 0 Å². The van der Waals surface area contributed by atoms with Crippen LogP contribution >= 0.6 is 0 Å². The van der Waals surface area contributed by atoms with Gasteiger partial charge in [0.1, 0.15) is 11.4 Å². The number of carbonyl (C=O) groups excluding carboxylic acids is 1. The van der Waals surface area contributed by atoms with Crippen molar-refractivity contribution in [2.75, 3.05) is 11.9 Å². The summed E-state index contributed by atoms with van der Waals surface area (Å²) in [5.41, 5.74) is -2.81. The predicted molar refractivity (Wildman–Crippen MR) is 81.8 cm³/mol. The van der Waals surface area contributed by atoms with E-state index in [1.165, 1.54) is 19.0 Å². The lowest BCUT2D eigenvalue weighted by Gasteiger charge is -2.25. The summed E-state index contributed by atoms with van der Waals surface area (Å²) in [6.07, 6.45) is -5.24. The van der Waals surface area contributed by atoms with Crippen LogP contribution in [0.15, 0.2) is 39.9 Å². The number of nitrogens with zero attached hydrogens (tertiary/aromatic N) is 3. The van der Waals surface area contributed by atoms with Crippen LogP contribution in [0.1, 0.15) is 10.4 Å². The predicted octanol–water partition coefficient (Wildman–Crippen LogP) is 1.60. The maximum absolute atomic E-state index is 12.9. The number of anilines is 2. The highest BCUT2D eigenvalue weighted by Gasteiger charge is 2.44. The quantitative estimate of drug-likeness (QED) is 0.796. The number of hydrogen-bond acceptors (Lipinski definition) is 4. The van der Waals surface area contributed by atoms with Gasteiger partial charge in [0.25, 0.3) is 11.3 Å². The van der Waals surface area contributed by atoms with Crippen molar-refractivity contribution in [3.63, 3.8) is 0 Å². The molecule has 0 N–H and O–H groups in total. The Hall–Kier alpha value is -2.84. The summed E-state index contributed by atoms with van der Waals surface area (Å²) < 4.78 is 40.1. The second-order valence-electron chi connectivity index (χ2n) is 5.13. The summed E-state index contributed by atoms with van der Waals surface area (Å²) in [7, 11) is 3.59. The molecule has 0 aliphatic carbocycles. The fraction of sp³-hybridized carbons (Fsp3) is 0.267. The minimum Gasteiger partial charge on any atom is -0.330 e. The zero-order valence-corrected chi connectivity index (χ0v) is 13.1. The lowest BCUT2D eigenvalue weighted by Crippen LogP contribution is -2.44. The molecule has 0 spiro atoms. The normalized spacial score (nSPS) is 11.4. The van der Waals surface area contributed by atoms with E-state index in [1.54, 1.807) is 30.3 Å². The highest BCUT2D eigenvalue weighted by Crippen LogP contribution is 2.28. The van der Waals surface area contributed by atoms with Crippen LogP contribution in [0.2, 0.25) is 0 Å². The Morgan fingerprint density at radius 3 is 2.08 bits per heavy atom. The molecule has 0 saturated carbocycles. The number of Topliss-reactive ketones (excluding diaryl/α,β-unsaturated/α-hetero) is 1. The number of hydrogen-bond donors (Lipinski definition) is 0. The molecule has 0 atom stereocenters. The van der Waals surface area contributed by atoms with Gasteiger partial charge in [-0.15, -0.1) is 0 Å². The Morgan fingerprint density at radius 1 is 1.04 bits per heavy atom. The van der Waals surface area contributed by atoms with E-state index in [1.807, 2.05) is 0 Å². The zero-order valence-electron chi connectivity index (χ0n) is 13.1. The van der Waals surface area contributed by atoms with E-state index < -0.39 is 34.6 Å². The molecule has 0 bridgehead atoms. The topological polar surface area (TPSA) is 64.3 Å². The van der Waals surface area contributed by atoms with Gasteiger partial charge in [0.2, 0.25) is 0 Å². The van der Waals surface area contributed by atoms with Gasteiger partial charge in [-0.05, 0) is 12.1 Å². The number of ketones is 1. The highest BCUT2D eigenvalue weighted by atomic mass is 19.4. The maximum atomic E-state index is 12.9. The van der Waals surface area contributed by atoms with Gasteiger partial charge in [0.15, 0.2) is 0 Å². The molecule has 1 aromatic heterocycles. The molecule has 0 amide bonds. The first-order valence-corrected chi connectivity index (χ1v) is 6.77. The average Bonchev–Trinajstić information content (AvgIpc) is 2.54. The molecule has 0 radical (unpaired) electrons. The van der Waals surface area contributed by atoms with Crippen LogP contribution in [0, 0.1) is 0 Å². The second-order valence-corrected chi connectivity index (χ2v) is 5.13. The Morgan fingerprint density at radius 2 is 1.58 bits per heavy atom. The van der Waals surface area contributed by atoms with Crippen molar-refractivity contribution < 1.29 is 18.0 Å². The Kier molecular flexibility index (Phi) is 4.37. The summed E-state index contributed by atoms with van der Waals surface area (Å²) in [5.74, 6) is -2.71. The number of benzene rings is 1. The van der Waals surface area contributed by atoms with Gasteiger partial charge in [-0.25, -0.2) is 4.79 Å². The molecule has 1 aromatic carbocycles. The van der Waals surface area contributed by atoms with E-state index in [-0.39, 0.29) is 0 Å². The van der Waals surface area contributed by atoms with E-state index in [9.17, 15) is 27.6 Å². The summed E-state index contributed by atoms with van der Waals surface area (Å²) >= 11 is 0. The molecule has 2 rings (SSSR count). The molecule has 1 heterocycles. The van der Waals surface area contributed by atoms with Gasteiger partial charge in [-0.2, -0.15) is 13.2 Å². The van der Waals surface area contributed by atoms with Crippen molar-refractivity contribution in [3.8, 4) is 0 Å². The van der Waals surface area contributed by atoms with Gasteiger partial charge in [0, 0.05) is 26.8 Å². The van der Waals surface area contributed by atoms with E-state index in [0.29, 0.717) is 10.3 Å². The minimum atomic E-state index is -5.24. The third kappa shape index (κ3) is 2.84. The van der Waals surface area contributed by atoms with Crippen molar-refractivity contribution in [3.05, 3.63) is 56.7 Å². The summed E-state index contributed by atoms with van der Waals surface area (Å²) in [4.78, 5) is 37.2. The van der Waals surface area contributed by atoms with Crippen LogP contribution in [-0.2, 0) is 14.1 Å². The molecule has 24 heavy (non-hydrogen) atoms. The van der Waals surface area contributed by atoms with Crippen molar-refractivity contribution >= 4 is 17.3 Å². The second kappa shape index (κ2) is 5.99. The molecule has 128 valence electrons. The maximum Gasteiger partial charge on any atom is 0.455 e. The summed E-state index contributed by atoms with van der Waals surface area (Å²) in [6, 6.07) is 8.11. The smallest absolute Gasteiger partial charge is 0.330 e. The minimum absolute atomic E-state index is 0.414. The zero-order chi connectivity index (χ0) is 18.2. The first kappa shape index (κ1) is 17.5. The highest BCUT2D eigenvalue weighted by molar-refractivity contribution is 6.04. The van der Waals surface area contributed by atoms with Crippen LogP contribution in [-0.4, -0.2) is 28.1 Å². The van der Waals surface area contributed by atoms with Gasteiger partial charge in [-0.3, -0.25) is 18.7 Å². The third-order valence-electron chi connectivity index (χ3n) is 3.58. The Labute approximate surface area is 134 Å². The molecule has 0 unspecified atom stereocenters. The number of carbonyl (C=O) groups is 1. The van der Waals surface area contributed by atoms with Gasteiger partial charge < -0.3 is 4.90 Å². The van der Waals surface area contributed by atoms with Gasteiger partial charge in [-0.1, -0.05) is 18.2 Å². The largest absolute Gasteiger partial charge is 0.455 e. The molecule has 0 aliphatic heterocycles. The number of halogens is 3. The van der Waals surface area contributed by atoms with Crippen LogP contribution in [0.4, 0.5) is 24.7 Å². The molecule has 0 aliphatic rings. The first-order chi connectivity index (χ1) is 11.1. The molecule has 0 saturated heterocycles. The number of para-hydroxylation sites is 1.